The normalized spacial score (nSPS) is 24.3. The maximum absolute atomic E-state index is 10.5. The Morgan fingerprint density at radius 1 is 1.47 bits per heavy atom. The van der Waals surface area contributed by atoms with Gasteiger partial charge < -0.3 is 19.6 Å². The molecule has 1 aliphatic rings. The van der Waals surface area contributed by atoms with Crippen molar-refractivity contribution in [1.29, 1.82) is 0 Å². The second kappa shape index (κ2) is 6.07. The SMILES string of the molecule is CC(C)(C)[Si](C)(C)OC[C@@H]1C=C[C@@H](NC(=O)O)CO1. The molecule has 0 spiro atoms. The van der Waals surface area contributed by atoms with E-state index in [9.17, 15) is 4.79 Å². The van der Waals surface area contributed by atoms with Gasteiger partial charge in [-0.25, -0.2) is 4.79 Å². The highest BCUT2D eigenvalue weighted by Gasteiger charge is 2.37. The van der Waals surface area contributed by atoms with Crippen LogP contribution in [0.3, 0.4) is 0 Å². The molecule has 19 heavy (non-hydrogen) atoms. The van der Waals surface area contributed by atoms with Crippen LogP contribution in [0.15, 0.2) is 12.2 Å². The van der Waals surface area contributed by atoms with E-state index in [2.05, 4.69) is 39.2 Å². The Bertz CT molecular complexity index is 349. The topological polar surface area (TPSA) is 67.8 Å². The highest BCUT2D eigenvalue weighted by Crippen LogP contribution is 2.36. The monoisotopic (exact) mass is 287 g/mol. The van der Waals surface area contributed by atoms with Gasteiger partial charge in [-0.15, -0.1) is 0 Å². The van der Waals surface area contributed by atoms with E-state index in [1.807, 2.05) is 12.2 Å². The molecule has 0 aromatic carbocycles. The molecule has 0 fully saturated rings. The molecule has 0 aliphatic carbocycles. The first-order valence-electron chi connectivity index (χ1n) is 6.55. The maximum Gasteiger partial charge on any atom is 0.405 e. The zero-order valence-electron chi connectivity index (χ0n) is 12.4. The Morgan fingerprint density at radius 3 is 2.53 bits per heavy atom. The number of carbonyl (C=O) groups is 1. The van der Waals surface area contributed by atoms with Gasteiger partial charge in [-0.3, -0.25) is 0 Å². The fourth-order valence-corrected chi connectivity index (χ4v) is 2.47. The first kappa shape index (κ1) is 16.2. The minimum absolute atomic E-state index is 0.0824. The third kappa shape index (κ3) is 4.97. The van der Waals surface area contributed by atoms with Crippen molar-refractivity contribution in [3.63, 3.8) is 0 Å². The molecule has 0 saturated carbocycles. The molecule has 0 bridgehead atoms. The molecule has 1 rings (SSSR count). The highest BCUT2D eigenvalue weighted by atomic mass is 28.4. The lowest BCUT2D eigenvalue weighted by atomic mass is 10.2. The molecule has 5 nitrogen and oxygen atoms in total. The minimum atomic E-state index is -1.76. The first-order chi connectivity index (χ1) is 8.62. The molecular weight excluding hydrogens is 262 g/mol. The van der Waals surface area contributed by atoms with Crippen LogP contribution in [0.2, 0.25) is 18.1 Å². The van der Waals surface area contributed by atoms with Crippen molar-refractivity contribution >= 4 is 14.4 Å². The van der Waals surface area contributed by atoms with E-state index < -0.39 is 14.4 Å². The van der Waals surface area contributed by atoms with Crippen molar-refractivity contribution in [2.45, 2.75) is 51.0 Å². The molecule has 0 saturated heterocycles. The summed E-state index contributed by atoms with van der Waals surface area (Å²) in [6.45, 7) is 11.9. The van der Waals surface area contributed by atoms with E-state index in [0.29, 0.717) is 13.2 Å². The van der Waals surface area contributed by atoms with Gasteiger partial charge in [0.2, 0.25) is 0 Å². The number of hydrogen-bond donors (Lipinski definition) is 2. The molecule has 2 atom stereocenters. The van der Waals surface area contributed by atoms with Crippen LogP contribution in [0, 0.1) is 0 Å². The number of hydrogen-bond acceptors (Lipinski definition) is 3. The van der Waals surface area contributed by atoms with Gasteiger partial charge in [0, 0.05) is 0 Å². The van der Waals surface area contributed by atoms with E-state index in [1.54, 1.807) is 0 Å². The highest BCUT2D eigenvalue weighted by molar-refractivity contribution is 6.74. The average Bonchev–Trinajstić information content (AvgIpc) is 2.26. The van der Waals surface area contributed by atoms with Gasteiger partial charge in [-0.1, -0.05) is 32.9 Å². The van der Waals surface area contributed by atoms with Crippen LogP contribution >= 0.6 is 0 Å². The number of amides is 1. The molecule has 110 valence electrons. The van der Waals surface area contributed by atoms with E-state index in [1.165, 1.54) is 0 Å². The average molecular weight is 287 g/mol. The molecule has 1 amide bonds. The molecule has 1 heterocycles. The standard InChI is InChI=1S/C13H25NO4Si/c1-13(2,3)19(4,5)18-9-11-7-6-10(8-17-11)14-12(15)16/h6-7,10-11,14H,8-9H2,1-5H3,(H,15,16)/t10-,11+/m1/s1. The first-order valence-corrected chi connectivity index (χ1v) is 9.46. The van der Waals surface area contributed by atoms with Gasteiger partial charge >= 0.3 is 6.09 Å². The van der Waals surface area contributed by atoms with E-state index in [4.69, 9.17) is 14.3 Å². The number of carboxylic acid groups (broad SMARTS) is 1. The van der Waals surface area contributed by atoms with E-state index >= 15 is 0 Å². The van der Waals surface area contributed by atoms with Crippen LogP contribution in [0.25, 0.3) is 0 Å². The zero-order valence-corrected chi connectivity index (χ0v) is 13.4. The summed E-state index contributed by atoms with van der Waals surface area (Å²) >= 11 is 0. The van der Waals surface area contributed by atoms with Crippen LogP contribution in [0.1, 0.15) is 20.8 Å². The summed E-state index contributed by atoms with van der Waals surface area (Å²) in [5.41, 5.74) is 0. The lowest BCUT2D eigenvalue weighted by Crippen LogP contribution is -2.44. The fourth-order valence-electron chi connectivity index (χ4n) is 1.46. The van der Waals surface area contributed by atoms with Gasteiger partial charge in [0.15, 0.2) is 8.32 Å². The predicted molar refractivity (Wildman–Crippen MR) is 77.0 cm³/mol. The second-order valence-corrected chi connectivity index (χ2v) is 11.2. The zero-order chi connectivity index (χ0) is 14.7. The van der Waals surface area contributed by atoms with Gasteiger partial charge in [0.05, 0.1) is 25.4 Å². The summed E-state index contributed by atoms with van der Waals surface area (Å²) in [5, 5.41) is 11.2. The molecule has 0 unspecified atom stereocenters. The molecule has 2 N–H and O–H groups in total. The summed E-state index contributed by atoms with van der Waals surface area (Å²) < 4.78 is 11.7. The van der Waals surface area contributed by atoms with Crippen molar-refractivity contribution in [2.75, 3.05) is 13.2 Å². The lowest BCUT2D eigenvalue weighted by Gasteiger charge is -2.37. The quantitative estimate of drug-likeness (QED) is 0.616. The van der Waals surface area contributed by atoms with Crippen molar-refractivity contribution in [3.05, 3.63) is 12.2 Å². The Kier molecular flexibility index (Phi) is 5.17. The number of nitrogens with one attached hydrogen (secondary N) is 1. The third-order valence-electron chi connectivity index (χ3n) is 3.77. The van der Waals surface area contributed by atoms with Gasteiger partial charge in [-0.05, 0) is 18.1 Å². The molecule has 0 radical (unpaired) electrons. The van der Waals surface area contributed by atoms with E-state index in [0.717, 1.165) is 0 Å². The maximum atomic E-state index is 10.5. The van der Waals surface area contributed by atoms with E-state index in [-0.39, 0.29) is 17.2 Å². The van der Waals surface area contributed by atoms with Gasteiger partial charge in [-0.2, -0.15) is 0 Å². The van der Waals surface area contributed by atoms with Crippen LogP contribution in [-0.2, 0) is 9.16 Å². The van der Waals surface area contributed by atoms with Gasteiger partial charge in [0.1, 0.15) is 0 Å². The van der Waals surface area contributed by atoms with Crippen molar-refractivity contribution in [2.24, 2.45) is 0 Å². The van der Waals surface area contributed by atoms with Crippen LogP contribution < -0.4 is 5.32 Å². The minimum Gasteiger partial charge on any atom is -0.465 e. The fraction of sp³-hybridized carbons (Fsp3) is 0.769. The number of rotatable bonds is 4. The van der Waals surface area contributed by atoms with Crippen LogP contribution in [0.5, 0.6) is 0 Å². The summed E-state index contributed by atoms with van der Waals surface area (Å²) in [7, 11) is -1.76. The van der Waals surface area contributed by atoms with Crippen molar-refractivity contribution < 1.29 is 19.1 Å². The molecular formula is C13H25NO4Si. The smallest absolute Gasteiger partial charge is 0.405 e. The summed E-state index contributed by atoms with van der Waals surface area (Å²) in [4.78, 5) is 10.5. The Balaban J connectivity index is 2.43. The summed E-state index contributed by atoms with van der Waals surface area (Å²) in [5.74, 6) is 0. The molecule has 0 aromatic heterocycles. The van der Waals surface area contributed by atoms with Crippen LogP contribution in [-0.4, -0.2) is 44.9 Å². The Labute approximate surface area is 116 Å². The van der Waals surface area contributed by atoms with Crippen LogP contribution in [0.4, 0.5) is 4.79 Å². The van der Waals surface area contributed by atoms with Crippen molar-refractivity contribution in [1.82, 2.24) is 5.32 Å². The predicted octanol–water partition coefficient (Wildman–Crippen LogP) is 2.60. The number of ether oxygens (including phenoxy) is 1. The Morgan fingerprint density at radius 2 is 2.11 bits per heavy atom. The lowest BCUT2D eigenvalue weighted by molar-refractivity contribution is 0.0310. The molecule has 6 heteroatoms. The second-order valence-electron chi connectivity index (χ2n) is 6.38. The Hall–Kier alpha value is -0.853. The third-order valence-corrected chi connectivity index (χ3v) is 8.27. The summed E-state index contributed by atoms with van der Waals surface area (Å²) in [6, 6.07) is -0.262. The molecule has 1 aliphatic heterocycles. The largest absolute Gasteiger partial charge is 0.465 e. The summed E-state index contributed by atoms with van der Waals surface area (Å²) in [6.07, 6.45) is 2.59. The van der Waals surface area contributed by atoms with Crippen molar-refractivity contribution in [3.8, 4) is 0 Å². The molecule has 0 aromatic rings. The van der Waals surface area contributed by atoms with Gasteiger partial charge in [0.25, 0.3) is 0 Å².